The first-order valence-corrected chi connectivity index (χ1v) is 10.0. The summed E-state index contributed by atoms with van der Waals surface area (Å²) in [6.45, 7) is 2.31. The van der Waals surface area contributed by atoms with Crippen molar-refractivity contribution in [3.63, 3.8) is 0 Å². The van der Waals surface area contributed by atoms with E-state index in [0.717, 1.165) is 48.2 Å². The maximum absolute atomic E-state index is 12.2. The number of aromatic amines is 1. The third-order valence-electron chi connectivity index (χ3n) is 6.15. The van der Waals surface area contributed by atoms with Gasteiger partial charge in [0.25, 0.3) is 5.91 Å². The fourth-order valence-corrected chi connectivity index (χ4v) is 4.51. The predicted molar refractivity (Wildman–Crippen MR) is 110 cm³/mol. The van der Waals surface area contributed by atoms with Crippen molar-refractivity contribution >= 4 is 16.8 Å². The highest BCUT2D eigenvalue weighted by Crippen LogP contribution is 2.33. The van der Waals surface area contributed by atoms with Gasteiger partial charge in [0.2, 0.25) is 0 Å². The second kappa shape index (κ2) is 6.99. The first kappa shape index (κ1) is 17.3. The van der Waals surface area contributed by atoms with Crippen LogP contribution >= 0.6 is 0 Å². The molecule has 2 aromatic carbocycles. The van der Waals surface area contributed by atoms with Gasteiger partial charge in [0, 0.05) is 35.2 Å². The number of carbonyl (C=O) groups is 1. The number of carbonyl (C=O) groups excluding carboxylic acids is 1. The van der Waals surface area contributed by atoms with Crippen LogP contribution in [0.25, 0.3) is 10.9 Å². The Morgan fingerprint density at radius 1 is 1.21 bits per heavy atom. The maximum atomic E-state index is 12.2. The molecule has 0 bridgehead atoms. The summed E-state index contributed by atoms with van der Waals surface area (Å²) < 4.78 is 6.01. The molecule has 28 heavy (non-hydrogen) atoms. The van der Waals surface area contributed by atoms with Crippen molar-refractivity contribution in [2.45, 2.75) is 31.8 Å². The Kier molecular flexibility index (Phi) is 4.32. The summed E-state index contributed by atoms with van der Waals surface area (Å²) in [7, 11) is 2.16. The predicted octanol–water partition coefficient (Wildman–Crippen LogP) is 3.28. The van der Waals surface area contributed by atoms with Crippen molar-refractivity contribution in [3.05, 3.63) is 64.8 Å². The fraction of sp³-hybridized carbons (Fsp3) is 0.348. The van der Waals surface area contributed by atoms with Crippen LogP contribution in [-0.2, 0) is 19.4 Å². The van der Waals surface area contributed by atoms with Gasteiger partial charge < -0.3 is 15.0 Å². The van der Waals surface area contributed by atoms with Gasteiger partial charge in [-0.1, -0.05) is 24.3 Å². The standard InChI is InChI=1S/C23H25N3O2/c1-26(10-4-5-15-12-24-20-7-3-2-6-18(15)20)17-11-19-21(28-14-17)9-8-16-13-25-23(27)22(16)19/h2-3,6-9,12,17,24H,4-5,10-11,13-14H2,1H3,(H,25,27). The van der Waals surface area contributed by atoms with Crippen LogP contribution in [0.1, 0.15) is 33.5 Å². The largest absolute Gasteiger partial charge is 0.492 e. The quantitative estimate of drug-likeness (QED) is 0.720. The number of hydrogen-bond acceptors (Lipinski definition) is 3. The molecule has 0 radical (unpaired) electrons. The molecule has 0 spiro atoms. The van der Waals surface area contributed by atoms with Crippen LogP contribution in [0, 0.1) is 0 Å². The molecule has 5 nitrogen and oxygen atoms in total. The third kappa shape index (κ3) is 2.96. The molecule has 1 aromatic heterocycles. The highest BCUT2D eigenvalue weighted by molar-refractivity contribution is 6.00. The summed E-state index contributed by atoms with van der Waals surface area (Å²) in [6.07, 6.45) is 5.15. The second-order valence-electron chi connectivity index (χ2n) is 7.87. The lowest BCUT2D eigenvalue weighted by Crippen LogP contribution is -2.41. The number of aromatic nitrogens is 1. The molecule has 5 rings (SSSR count). The van der Waals surface area contributed by atoms with E-state index in [9.17, 15) is 4.79 Å². The number of likely N-dealkylation sites (N-methyl/N-ethyl adjacent to an activating group) is 1. The Morgan fingerprint density at radius 3 is 3.04 bits per heavy atom. The molecular formula is C23H25N3O2. The average molecular weight is 375 g/mol. The summed E-state index contributed by atoms with van der Waals surface area (Å²) >= 11 is 0. The molecule has 3 aromatic rings. The number of benzene rings is 2. The number of rotatable bonds is 5. The second-order valence-corrected chi connectivity index (χ2v) is 7.87. The number of para-hydroxylation sites is 1. The van der Waals surface area contributed by atoms with Gasteiger partial charge in [-0.3, -0.25) is 9.69 Å². The van der Waals surface area contributed by atoms with Gasteiger partial charge in [0.15, 0.2) is 0 Å². The number of fused-ring (bicyclic) bond motifs is 4. The van der Waals surface area contributed by atoms with E-state index in [0.29, 0.717) is 19.2 Å². The molecule has 3 heterocycles. The number of nitrogens with zero attached hydrogens (tertiary/aromatic N) is 1. The van der Waals surface area contributed by atoms with Gasteiger partial charge in [-0.05, 0) is 56.1 Å². The van der Waals surface area contributed by atoms with Gasteiger partial charge >= 0.3 is 0 Å². The molecule has 0 aliphatic carbocycles. The van der Waals surface area contributed by atoms with E-state index >= 15 is 0 Å². The summed E-state index contributed by atoms with van der Waals surface area (Å²) in [4.78, 5) is 18.0. The number of aryl methyl sites for hydroxylation is 1. The molecule has 1 amide bonds. The minimum absolute atomic E-state index is 0.0399. The SMILES string of the molecule is CN(CCCc1c[nH]c2ccccc12)C1COc2ccc3c(c2C1)C(=O)NC3. The highest BCUT2D eigenvalue weighted by atomic mass is 16.5. The van der Waals surface area contributed by atoms with E-state index in [-0.39, 0.29) is 5.91 Å². The first-order valence-electron chi connectivity index (χ1n) is 10.0. The minimum atomic E-state index is 0.0399. The highest BCUT2D eigenvalue weighted by Gasteiger charge is 2.31. The van der Waals surface area contributed by atoms with E-state index in [1.807, 2.05) is 12.1 Å². The van der Waals surface area contributed by atoms with E-state index in [4.69, 9.17) is 4.74 Å². The molecule has 0 saturated carbocycles. The van der Waals surface area contributed by atoms with Crippen molar-refractivity contribution in [1.29, 1.82) is 0 Å². The Morgan fingerprint density at radius 2 is 2.11 bits per heavy atom. The zero-order chi connectivity index (χ0) is 19.1. The van der Waals surface area contributed by atoms with Crippen LogP contribution in [0.4, 0.5) is 0 Å². The summed E-state index contributed by atoms with van der Waals surface area (Å²) in [6, 6.07) is 12.8. The summed E-state index contributed by atoms with van der Waals surface area (Å²) in [5.41, 5.74) is 5.59. The topological polar surface area (TPSA) is 57.4 Å². The lowest BCUT2D eigenvalue weighted by atomic mass is 9.94. The van der Waals surface area contributed by atoms with Gasteiger partial charge in [-0.25, -0.2) is 0 Å². The van der Waals surface area contributed by atoms with Crippen molar-refractivity contribution in [1.82, 2.24) is 15.2 Å². The molecule has 0 fully saturated rings. The molecular weight excluding hydrogens is 350 g/mol. The van der Waals surface area contributed by atoms with Crippen molar-refractivity contribution in [2.75, 3.05) is 20.2 Å². The lowest BCUT2D eigenvalue weighted by molar-refractivity contribution is 0.0960. The van der Waals surface area contributed by atoms with Gasteiger partial charge in [-0.15, -0.1) is 0 Å². The monoisotopic (exact) mass is 375 g/mol. The molecule has 2 aliphatic heterocycles. The van der Waals surface area contributed by atoms with Crippen molar-refractivity contribution in [3.8, 4) is 5.75 Å². The number of H-pyrrole nitrogens is 1. The number of amides is 1. The van der Waals surface area contributed by atoms with E-state index in [1.165, 1.54) is 16.5 Å². The van der Waals surface area contributed by atoms with E-state index in [2.05, 4.69) is 52.7 Å². The molecule has 1 atom stereocenters. The van der Waals surface area contributed by atoms with Gasteiger partial charge in [0.1, 0.15) is 12.4 Å². The maximum Gasteiger partial charge on any atom is 0.252 e. The third-order valence-corrected chi connectivity index (χ3v) is 6.15. The van der Waals surface area contributed by atoms with Crippen molar-refractivity contribution < 1.29 is 9.53 Å². The first-order chi connectivity index (χ1) is 13.7. The Bertz CT molecular complexity index is 1040. The molecule has 2 aliphatic rings. The number of nitrogens with one attached hydrogen (secondary N) is 2. The van der Waals surface area contributed by atoms with Crippen molar-refractivity contribution in [2.24, 2.45) is 0 Å². The van der Waals surface area contributed by atoms with Crippen LogP contribution in [0.3, 0.4) is 0 Å². The molecule has 5 heteroatoms. The normalized spacial score (nSPS) is 18.1. The average Bonchev–Trinajstić information content (AvgIpc) is 3.31. The lowest BCUT2D eigenvalue weighted by Gasteiger charge is -2.33. The van der Waals surface area contributed by atoms with Gasteiger partial charge in [0.05, 0.1) is 5.56 Å². The molecule has 1 unspecified atom stereocenters. The van der Waals surface area contributed by atoms with Gasteiger partial charge in [-0.2, -0.15) is 0 Å². The number of hydrogen-bond donors (Lipinski definition) is 2. The van der Waals surface area contributed by atoms with Crippen LogP contribution in [0.15, 0.2) is 42.6 Å². The van der Waals surface area contributed by atoms with Crippen LogP contribution < -0.4 is 10.1 Å². The van der Waals surface area contributed by atoms with Crippen LogP contribution in [0.2, 0.25) is 0 Å². The molecule has 0 saturated heterocycles. The fourth-order valence-electron chi connectivity index (χ4n) is 4.51. The molecule has 2 N–H and O–H groups in total. The molecule has 144 valence electrons. The summed E-state index contributed by atoms with van der Waals surface area (Å²) in [5, 5.41) is 4.25. The Hall–Kier alpha value is -2.79. The van der Waals surface area contributed by atoms with Crippen LogP contribution in [-0.4, -0.2) is 42.0 Å². The summed E-state index contributed by atoms with van der Waals surface area (Å²) in [5.74, 6) is 0.914. The zero-order valence-corrected chi connectivity index (χ0v) is 16.1. The Balaban J connectivity index is 1.24. The Labute approximate surface area is 164 Å². The zero-order valence-electron chi connectivity index (χ0n) is 16.1. The van der Waals surface area contributed by atoms with E-state index < -0.39 is 0 Å². The number of ether oxygens (including phenoxy) is 1. The van der Waals surface area contributed by atoms with Crippen LogP contribution in [0.5, 0.6) is 5.75 Å². The van der Waals surface area contributed by atoms with E-state index in [1.54, 1.807) is 0 Å². The minimum Gasteiger partial charge on any atom is -0.492 e. The smallest absolute Gasteiger partial charge is 0.252 e.